The number of hydrogen-bond donors (Lipinski definition) is 1. The van der Waals surface area contributed by atoms with Gasteiger partial charge in [-0.25, -0.2) is 0 Å². The fourth-order valence-electron chi connectivity index (χ4n) is 2.50. The summed E-state index contributed by atoms with van der Waals surface area (Å²) in [4.78, 5) is 14.2. The van der Waals surface area contributed by atoms with E-state index >= 15 is 0 Å². The van der Waals surface area contributed by atoms with Crippen molar-refractivity contribution < 1.29 is 4.79 Å². The third kappa shape index (κ3) is 1.92. The molecular weight excluding hydrogens is 224 g/mol. The van der Waals surface area contributed by atoms with Crippen LogP contribution in [0.1, 0.15) is 23.2 Å². The SMILES string of the molecule is Nc1ccc2cc(C(=O)N3CCCC3)ccc2c1. The number of anilines is 1. The van der Waals surface area contributed by atoms with Crippen molar-refractivity contribution in [2.24, 2.45) is 0 Å². The minimum Gasteiger partial charge on any atom is -0.399 e. The van der Waals surface area contributed by atoms with Crippen LogP contribution in [0.15, 0.2) is 36.4 Å². The molecule has 3 heteroatoms. The Bertz CT molecular complexity index is 600. The lowest BCUT2D eigenvalue weighted by Crippen LogP contribution is -2.27. The number of carbonyl (C=O) groups is 1. The average molecular weight is 240 g/mol. The van der Waals surface area contributed by atoms with Crippen LogP contribution in [0.2, 0.25) is 0 Å². The van der Waals surface area contributed by atoms with Crippen LogP contribution in [-0.2, 0) is 0 Å². The van der Waals surface area contributed by atoms with Crippen molar-refractivity contribution >= 4 is 22.4 Å². The lowest BCUT2D eigenvalue weighted by molar-refractivity contribution is 0.0793. The molecule has 1 aliphatic heterocycles. The second kappa shape index (κ2) is 4.33. The molecular formula is C15H16N2O. The van der Waals surface area contributed by atoms with Gasteiger partial charge in [-0.3, -0.25) is 4.79 Å². The van der Waals surface area contributed by atoms with Gasteiger partial charge >= 0.3 is 0 Å². The van der Waals surface area contributed by atoms with E-state index in [2.05, 4.69) is 0 Å². The minimum absolute atomic E-state index is 0.145. The van der Waals surface area contributed by atoms with E-state index in [4.69, 9.17) is 5.73 Å². The monoisotopic (exact) mass is 240 g/mol. The van der Waals surface area contributed by atoms with E-state index in [-0.39, 0.29) is 5.91 Å². The van der Waals surface area contributed by atoms with Gasteiger partial charge in [0, 0.05) is 24.3 Å². The molecule has 2 N–H and O–H groups in total. The number of nitrogens with two attached hydrogens (primary N) is 1. The lowest BCUT2D eigenvalue weighted by atomic mass is 10.1. The molecule has 3 nitrogen and oxygen atoms in total. The summed E-state index contributed by atoms with van der Waals surface area (Å²) in [5.41, 5.74) is 7.27. The van der Waals surface area contributed by atoms with Crippen molar-refractivity contribution in [1.29, 1.82) is 0 Å². The average Bonchev–Trinajstić information content (AvgIpc) is 2.91. The zero-order valence-electron chi connectivity index (χ0n) is 10.2. The Labute approximate surface area is 106 Å². The molecule has 0 radical (unpaired) electrons. The highest BCUT2D eigenvalue weighted by Gasteiger charge is 2.19. The minimum atomic E-state index is 0.145. The summed E-state index contributed by atoms with van der Waals surface area (Å²) < 4.78 is 0. The van der Waals surface area contributed by atoms with Gasteiger partial charge in [0.15, 0.2) is 0 Å². The fourth-order valence-corrected chi connectivity index (χ4v) is 2.50. The highest BCUT2D eigenvalue weighted by Crippen LogP contribution is 2.21. The maximum absolute atomic E-state index is 12.3. The number of hydrogen-bond acceptors (Lipinski definition) is 2. The maximum Gasteiger partial charge on any atom is 0.253 e. The van der Waals surface area contributed by atoms with Crippen LogP contribution in [0.25, 0.3) is 10.8 Å². The first-order chi connectivity index (χ1) is 8.74. The van der Waals surface area contributed by atoms with E-state index in [9.17, 15) is 4.79 Å². The molecule has 92 valence electrons. The van der Waals surface area contributed by atoms with Gasteiger partial charge < -0.3 is 10.6 Å². The van der Waals surface area contributed by atoms with Crippen molar-refractivity contribution in [3.05, 3.63) is 42.0 Å². The molecule has 2 aromatic carbocycles. The van der Waals surface area contributed by atoms with Gasteiger partial charge in [0.25, 0.3) is 5.91 Å². The highest BCUT2D eigenvalue weighted by atomic mass is 16.2. The first-order valence-electron chi connectivity index (χ1n) is 6.32. The molecule has 0 aliphatic carbocycles. The van der Waals surface area contributed by atoms with Gasteiger partial charge in [-0.15, -0.1) is 0 Å². The molecule has 0 saturated carbocycles. The van der Waals surface area contributed by atoms with Crippen molar-refractivity contribution in [3.63, 3.8) is 0 Å². The van der Waals surface area contributed by atoms with E-state index in [1.165, 1.54) is 0 Å². The Morgan fingerprint density at radius 2 is 1.67 bits per heavy atom. The van der Waals surface area contributed by atoms with Crippen LogP contribution in [-0.4, -0.2) is 23.9 Å². The molecule has 1 heterocycles. The highest BCUT2D eigenvalue weighted by molar-refractivity contribution is 5.99. The summed E-state index contributed by atoms with van der Waals surface area (Å²) in [6.07, 6.45) is 2.24. The second-order valence-electron chi connectivity index (χ2n) is 4.82. The molecule has 1 saturated heterocycles. The van der Waals surface area contributed by atoms with Crippen molar-refractivity contribution in [3.8, 4) is 0 Å². The van der Waals surface area contributed by atoms with E-state index in [1.54, 1.807) is 0 Å². The number of nitrogen functional groups attached to an aromatic ring is 1. The van der Waals surface area contributed by atoms with Gasteiger partial charge in [-0.05, 0) is 47.9 Å². The molecule has 2 aromatic rings. The van der Waals surface area contributed by atoms with Gasteiger partial charge in [0.05, 0.1) is 0 Å². The molecule has 0 atom stereocenters. The maximum atomic E-state index is 12.3. The quantitative estimate of drug-likeness (QED) is 0.779. The van der Waals surface area contributed by atoms with Crippen molar-refractivity contribution in [2.75, 3.05) is 18.8 Å². The van der Waals surface area contributed by atoms with Crippen LogP contribution in [0, 0.1) is 0 Å². The summed E-state index contributed by atoms with van der Waals surface area (Å²) in [6, 6.07) is 11.6. The van der Waals surface area contributed by atoms with Gasteiger partial charge in [-0.1, -0.05) is 12.1 Å². The number of nitrogens with zero attached hydrogens (tertiary/aromatic N) is 1. The van der Waals surface area contributed by atoms with E-state index in [0.717, 1.165) is 48.0 Å². The van der Waals surface area contributed by atoms with Gasteiger partial charge in [0.1, 0.15) is 0 Å². The first-order valence-corrected chi connectivity index (χ1v) is 6.32. The number of likely N-dealkylation sites (tertiary alicyclic amines) is 1. The fraction of sp³-hybridized carbons (Fsp3) is 0.267. The lowest BCUT2D eigenvalue weighted by Gasteiger charge is -2.15. The molecule has 18 heavy (non-hydrogen) atoms. The normalized spacial score (nSPS) is 15.2. The number of carbonyl (C=O) groups excluding carboxylic acids is 1. The Morgan fingerprint density at radius 3 is 2.44 bits per heavy atom. The number of benzene rings is 2. The van der Waals surface area contributed by atoms with Gasteiger partial charge in [0.2, 0.25) is 0 Å². The first kappa shape index (κ1) is 11.1. The van der Waals surface area contributed by atoms with E-state index in [0.29, 0.717) is 0 Å². The van der Waals surface area contributed by atoms with Crippen LogP contribution >= 0.6 is 0 Å². The summed E-state index contributed by atoms with van der Waals surface area (Å²) >= 11 is 0. The van der Waals surface area contributed by atoms with E-state index in [1.807, 2.05) is 41.3 Å². The number of amides is 1. The van der Waals surface area contributed by atoms with Gasteiger partial charge in [-0.2, -0.15) is 0 Å². The summed E-state index contributed by atoms with van der Waals surface area (Å²) in [6.45, 7) is 1.78. The molecule has 0 bridgehead atoms. The third-order valence-electron chi connectivity index (χ3n) is 3.50. The largest absolute Gasteiger partial charge is 0.399 e. The molecule has 1 aliphatic rings. The topological polar surface area (TPSA) is 46.3 Å². The Hall–Kier alpha value is -2.03. The predicted molar refractivity (Wildman–Crippen MR) is 73.5 cm³/mol. The standard InChI is InChI=1S/C15H16N2O/c16-14-6-5-11-9-13(4-3-12(11)10-14)15(18)17-7-1-2-8-17/h3-6,9-10H,1-2,7-8,16H2. The van der Waals surface area contributed by atoms with Crippen LogP contribution < -0.4 is 5.73 Å². The number of fused-ring (bicyclic) bond motifs is 1. The van der Waals surface area contributed by atoms with Crippen LogP contribution in [0.5, 0.6) is 0 Å². The third-order valence-corrected chi connectivity index (χ3v) is 3.50. The molecule has 3 rings (SSSR count). The van der Waals surface area contributed by atoms with E-state index < -0.39 is 0 Å². The molecule has 1 amide bonds. The van der Waals surface area contributed by atoms with Crippen molar-refractivity contribution in [1.82, 2.24) is 4.90 Å². The molecule has 0 spiro atoms. The summed E-state index contributed by atoms with van der Waals surface area (Å²) in [5, 5.41) is 2.14. The second-order valence-corrected chi connectivity index (χ2v) is 4.82. The predicted octanol–water partition coefficient (Wildman–Crippen LogP) is 2.66. The molecule has 1 fully saturated rings. The summed E-state index contributed by atoms with van der Waals surface area (Å²) in [5.74, 6) is 0.145. The Morgan fingerprint density at radius 1 is 1.00 bits per heavy atom. The van der Waals surface area contributed by atoms with Crippen molar-refractivity contribution in [2.45, 2.75) is 12.8 Å². The zero-order chi connectivity index (χ0) is 12.5. The van der Waals surface area contributed by atoms with Crippen LogP contribution in [0.4, 0.5) is 5.69 Å². The molecule has 0 unspecified atom stereocenters. The van der Waals surface area contributed by atoms with Crippen LogP contribution in [0.3, 0.4) is 0 Å². The zero-order valence-corrected chi connectivity index (χ0v) is 10.2. The summed E-state index contributed by atoms with van der Waals surface area (Å²) in [7, 11) is 0. The molecule has 0 aromatic heterocycles. The Kier molecular flexibility index (Phi) is 2.67. The Balaban J connectivity index is 1.97. The number of rotatable bonds is 1. The smallest absolute Gasteiger partial charge is 0.253 e.